The van der Waals surface area contributed by atoms with Gasteiger partial charge in [-0.25, -0.2) is 0 Å². The van der Waals surface area contributed by atoms with Crippen LogP contribution >= 0.6 is 11.6 Å². The lowest BCUT2D eigenvalue weighted by molar-refractivity contribution is -0.142. The number of carbonyl (C=O) groups excluding carboxylic acids is 2. The van der Waals surface area contributed by atoms with Crippen LogP contribution in [0.25, 0.3) is 0 Å². The number of carbonyl (C=O) groups is 2. The first-order valence-corrected chi connectivity index (χ1v) is 12.4. The second-order valence-corrected chi connectivity index (χ2v) is 8.92. The van der Waals surface area contributed by atoms with E-state index in [1.54, 1.807) is 29.2 Å². The lowest BCUT2D eigenvalue weighted by Gasteiger charge is -2.32. The lowest BCUT2D eigenvalue weighted by Crippen LogP contribution is -2.52. The zero-order valence-electron chi connectivity index (χ0n) is 20.4. The molecule has 0 bridgehead atoms. The van der Waals surface area contributed by atoms with Crippen LogP contribution in [-0.2, 0) is 22.6 Å². The Labute approximate surface area is 213 Å². The Morgan fingerprint density at radius 1 is 0.971 bits per heavy atom. The van der Waals surface area contributed by atoms with Crippen molar-refractivity contribution in [3.05, 3.63) is 101 Å². The number of nitrogens with zero attached hydrogens (tertiary/aromatic N) is 1. The number of unbranched alkanes of at least 4 members (excludes halogenated alkanes) is 1. The third-order valence-electron chi connectivity index (χ3n) is 5.89. The van der Waals surface area contributed by atoms with Gasteiger partial charge in [0.15, 0.2) is 6.61 Å². The molecule has 1 unspecified atom stereocenters. The molecule has 1 atom stereocenters. The van der Waals surface area contributed by atoms with Gasteiger partial charge >= 0.3 is 0 Å². The largest absolute Gasteiger partial charge is 0.482 e. The fourth-order valence-corrected chi connectivity index (χ4v) is 4.01. The van der Waals surface area contributed by atoms with Gasteiger partial charge in [-0.15, -0.1) is 0 Å². The molecule has 0 spiro atoms. The van der Waals surface area contributed by atoms with E-state index in [0.29, 0.717) is 30.3 Å². The molecule has 5 nitrogen and oxygen atoms in total. The summed E-state index contributed by atoms with van der Waals surface area (Å²) in [4.78, 5) is 28.6. The number of rotatable bonds is 12. The number of nitrogens with one attached hydrogen (secondary N) is 1. The topological polar surface area (TPSA) is 58.6 Å². The molecule has 0 fully saturated rings. The van der Waals surface area contributed by atoms with E-state index in [4.69, 9.17) is 16.3 Å². The van der Waals surface area contributed by atoms with Crippen molar-refractivity contribution in [2.24, 2.45) is 0 Å². The van der Waals surface area contributed by atoms with Crippen LogP contribution in [0.15, 0.2) is 78.9 Å². The lowest BCUT2D eigenvalue weighted by atomic mass is 10.0. The van der Waals surface area contributed by atoms with E-state index in [1.807, 2.05) is 61.5 Å². The number of hydrogen-bond donors (Lipinski definition) is 1. The van der Waals surface area contributed by atoms with Crippen LogP contribution in [0.1, 0.15) is 36.5 Å². The first-order chi connectivity index (χ1) is 17.0. The summed E-state index contributed by atoms with van der Waals surface area (Å²) in [6.45, 7) is 4.74. The molecule has 3 aromatic carbocycles. The van der Waals surface area contributed by atoms with Crippen LogP contribution in [-0.4, -0.2) is 35.9 Å². The number of para-hydroxylation sites is 1. The highest BCUT2D eigenvalue weighted by Crippen LogP contribution is 2.24. The Kier molecular flexibility index (Phi) is 10.2. The number of ether oxygens (including phenoxy) is 1. The predicted molar refractivity (Wildman–Crippen MR) is 141 cm³/mol. The summed E-state index contributed by atoms with van der Waals surface area (Å²) in [6.07, 6.45) is 2.26. The molecule has 3 rings (SSSR count). The first kappa shape index (κ1) is 26.3. The Morgan fingerprint density at radius 2 is 1.66 bits per heavy atom. The van der Waals surface area contributed by atoms with Gasteiger partial charge in [0.25, 0.3) is 5.91 Å². The molecule has 6 heteroatoms. The van der Waals surface area contributed by atoms with Gasteiger partial charge in [-0.1, -0.05) is 91.7 Å². The Morgan fingerprint density at radius 3 is 2.37 bits per heavy atom. The highest BCUT2D eigenvalue weighted by molar-refractivity contribution is 6.32. The fourth-order valence-electron chi connectivity index (χ4n) is 3.82. The summed E-state index contributed by atoms with van der Waals surface area (Å²) in [5, 5.41) is 3.46. The minimum Gasteiger partial charge on any atom is -0.482 e. The van der Waals surface area contributed by atoms with Crippen molar-refractivity contribution in [2.75, 3.05) is 13.2 Å². The zero-order valence-corrected chi connectivity index (χ0v) is 21.1. The van der Waals surface area contributed by atoms with Crippen LogP contribution in [0.3, 0.4) is 0 Å². The van der Waals surface area contributed by atoms with Crippen molar-refractivity contribution in [1.82, 2.24) is 10.2 Å². The molecule has 3 aromatic rings. The Bertz CT molecular complexity index is 1100. The summed E-state index contributed by atoms with van der Waals surface area (Å²) in [5.41, 5.74) is 3.03. The predicted octanol–water partition coefficient (Wildman–Crippen LogP) is 5.58. The third kappa shape index (κ3) is 7.86. The van der Waals surface area contributed by atoms with Gasteiger partial charge in [0.05, 0.1) is 5.02 Å². The standard InChI is InChI=1S/C29H33ClN2O3/c1-3-4-18-31-29(34)26(19-23-13-6-5-7-14-23)32(20-24-15-9-8-12-22(24)2)28(33)21-35-27-17-11-10-16-25(27)30/h5-17,26H,3-4,18-21H2,1-2H3,(H,31,34). The van der Waals surface area contributed by atoms with E-state index in [-0.39, 0.29) is 18.4 Å². The normalized spacial score (nSPS) is 11.5. The van der Waals surface area contributed by atoms with Crippen molar-refractivity contribution >= 4 is 23.4 Å². The molecule has 184 valence electrons. The third-order valence-corrected chi connectivity index (χ3v) is 6.20. The van der Waals surface area contributed by atoms with Crippen molar-refractivity contribution in [3.8, 4) is 5.75 Å². The average Bonchev–Trinajstić information content (AvgIpc) is 2.87. The van der Waals surface area contributed by atoms with Crippen molar-refractivity contribution in [2.45, 2.75) is 45.7 Å². The molecule has 1 N–H and O–H groups in total. The number of benzene rings is 3. The van der Waals surface area contributed by atoms with Crippen molar-refractivity contribution in [1.29, 1.82) is 0 Å². The highest BCUT2D eigenvalue weighted by Gasteiger charge is 2.31. The van der Waals surface area contributed by atoms with Crippen LogP contribution in [0, 0.1) is 6.92 Å². The summed E-state index contributed by atoms with van der Waals surface area (Å²) in [7, 11) is 0. The van der Waals surface area contributed by atoms with Crippen LogP contribution in [0.2, 0.25) is 5.02 Å². The maximum Gasteiger partial charge on any atom is 0.261 e. The van der Waals surface area contributed by atoms with E-state index < -0.39 is 6.04 Å². The molecule has 0 saturated heterocycles. The van der Waals surface area contributed by atoms with E-state index in [9.17, 15) is 9.59 Å². The first-order valence-electron chi connectivity index (χ1n) is 12.0. The highest BCUT2D eigenvalue weighted by atomic mass is 35.5. The van der Waals surface area contributed by atoms with Crippen molar-refractivity contribution in [3.63, 3.8) is 0 Å². The van der Waals surface area contributed by atoms with Gasteiger partial charge in [-0.05, 0) is 42.2 Å². The number of amides is 2. The molecule has 0 radical (unpaired) electrons. The van der Waals surface area contributed by atoms with Gasteiger partial charge in [0.2, 0.25) is 5.91 Å². The van der Waals surface area contributed by atoms with Gasteiger partial charge in [0, 0.05) is 19.5 Å². The molecule has 0 aliphatic rings. The summed E-state index contributed by atoms with van der Waals surface area (Å²) < 4.78 is 5.77. The molecule has 2 amide bonds. The van der Waals surface area contributed by atoms with Crippen LogP contribution < -0.4 is 10.1 Å². The van der Waals surface area contributed by atoms with E-state index in [0.717, 1.165) is 29.5 Å². The number of hydrogen-bond acceptors (Lipinski definition) is 3. The van der Waals surface area contributed by atoms with E-state index in [1.165, 1.54) is 0 Å². The second kappa shape index (κ2) is 13.5. The van der Waals surface area contributed by atoms with Gasteiger partial charge in [0.1, 0.15) is 11.8 Å². The second-order valence-electron chi connectivity index (χ2n) is 8.52. The maximum atomic E-state index is 13.6. The van der Waals surface area contributed by atoms with Gasteiger partial charge in [-0.2, -0.15) is 0 Å². The minimum atomic E-state index is -0.684. The SMILES string of the molecule is CCCCNC(=O)C(Cc1ccccc1)N(Cc1ccccc1C)C(=O)COc1ccccc1Cl. The van der Waals surface area contributed by atoms with E-state index in [2.05, 4.69) is 12.2 Å². The smallest absolute Gasteiger partial charge is 0.261 e. The van der Waals surface area contributed by atoms with Gasteiger partial charge < -0.3 is 15.0 Å². The molecule has 0 aliphatic heterocycles. The number of aryl methyl sites for hydroxylation is 1. The number of halogens is 1. The molecule has 0 saturated carbocycles. The Hall–Kier alpha value is -3.31. The molecule has 0 aromatic heterocycles. The summed E-state index contributed by atoms with van der Waals surface area (Å²) in [6, 6.07) is 24.0. The molecular weight excluding hydrogens is 460 g/mol. The van der Waals surface area contributed by atoms with E-state index >= 15 is 0 Å². The molecular formula is C29H33ClN2O3. The quantitative estimate of drug-likeness (QED) is 0.335. The Balaban J connectivity index is 1.90. The van der Waals surface area contributed by atoms with Gasteiger partial charge in [-0.3, -0.25) is 9.59 Å². The average molecular weight is 493 g/mol. The van der Waals surface area contributed by atoms with Crippen molar-refractivity contribution < 1.29 is 14.3 Å². The maximum absolute atomic E-state index is 13.6. The summed E-state index contributed by atoms with van der Waals surface area (Å²) in [5.74, 6) is -0.00732. The minimum absolute atomic E-state index is 0.165. The zero-order chi connectivity index (χ0) is 25.0. The molecule has 0 heterocycles. The van der Waals surface area contributed by atoms with Crippen LogP contribution in [0.5, 0.6) is 5.75 Å². The summed E-state index contributed by atoms with van der Waals surface area (Å²) >= 11 is 6.22. The monoisotopic (exact) mass is 492 g/mol. The molecule has 35 heavy (non-hydrogen) atoms. The fraction of sp³-hybridized carbons (Fsp3) is 0.310. The van der Waals surface area contributed by atoms with Crippen LogP contribution in [0.4, 0.5) is 0 Å². The molecule has 0 aliphatic carbocycles.